The number of hydrogen-bond donors (Lipinski definition) is 3. The smallest absolute Gasteiger partial charge is 0.161 e. The molecule has 3 N–H and O–H groups in total. The van der Waals surface area contributed by atoms with E-state index in [1.165, 1.54) is 0 Å². The normalized spacial score (nSPS) is 16.2. The first-order chi connectivity index (χ1) is 9.02. The molecule has 0 aromatic heterocycles. The Morgan fingerprint density at radius 2 is 1.95 bits per heavy atom. The molecular formula is C14H21NO4. The molecule has 1 aliphatic rings. The Labute approximate surface area is 113 Å². The second-order valence-electron chi connectivity index (χ2n) is 5.34. The van der Waals surface area contributed by atoms with Gasteiger partial charge in [0.1, 0.15) is 13.2 Å². The standard InChI is InChI=1S/C14H21NO4/c1-14(2,9-16)15-8-11(17)10-3-4-12-13(7-10)19-6-5-18-12/h3-4,7,11,15-17H,5-6,8-9H2,1-2H3. The van der Waals surface area contributed by atoms with Crippen LogP contribution in [0.15, 0.2) is 18.2 Å². The first-order valence-corrected chi connectivity index (χ1v) is 6.45. The Morgan fingerprint density at radius 3 is 2.63 bits per heavy atom. The van der Waals surface area contributed by atoms with Gasteiger partial charge < -0.3 is 25.0 Å². The Bertz CT molecular complexity index is 433. The van der Waals surface area contributed by atoms with Crippen molar-refractivity contribution in [3.63, 3.8) is 0 Å². The highest BCUT2D eigenvalue weighted by Gasteiger charge is 2.19. The molecule has 5 nitrogen and oxygen atoms in total. The van der Waals surface area contributed by atoms with Crippen molar-refractivity contribution in [2.45, 2.75) is 25.5 Å². The van der Waals surface area contributed by atoms with Crippen molar-refractivity contribution in [2.75, 3.05) is 26.4 Å². The Morgan fingerprint density at radius 1 is 1.26 bits per heavy atom. The van der Waals surface area contributed by atoms with Crippen LogP contribution in [0.4, 0.5) is 0 Å². The number of hydrogen-bond acceptors (Lipinski definition) is 5. The summed E-state index contributed by atoms with van der Waals surface area (Å²) in [6, 6.07) is 5.43. The number of aliphatic hydroxyl groups is 2. The molecule has 1 aromatic carbocycles. The van der Waals surface area contributed by atoms with Crippen LogP contribution in [0, 0.1) is 0 Å². The van der Waals surface area contributed by atoms with Gasteiger partial charge in [0.05, 0.1) is 12.7 Å². The number of rotatable bonds is 5. The van der Waals surface area contributed by atoms with Gasteiger partial charge in [-0.15, -0.1) is 0 Å². The van der Waals surface area contributed by atoms with E-state index in [4.69, 9.17) is 14.6 Å². The minimum atomic E-state index is -0.651. The third-order valence-electron chi connectivity index (χ3n) is 3.12. The van der Waals surface area contributed by atoms with Gasteiger partial charge in [0.15, 0.2) is 11.5 Å². The van der Waals surface area contributed by atoms with E-state index in [1.807, 2.05) is 26.0 Å². The fraction of sp³-hybridized carbons (Fsp3) is 0.571. The molecule has 1 aliphatic heterocycles. The van der Waals surface area contributed by atoms with Gasteiger partial charge in [-0.3, -0.25) is 0 Å². The highest BCUT2D eigenvalue weighted by molar-refractivity contribution is 5.44. The van der Waals surface area contributed by atoms with E-state index < -0.39 is 11.6 Å². The van der Waals surface area contributed by atoms with Gasteiger partial charge in [0.2, 0.25) is 0 Å². The average molecular weight is 267 g/mol. The molecule has 0 saturated heterocycles. The van der Waals surface area contributed by atoms with Gasteiger partial charge in [0, 0.05) is 12.1 Å². The minimum Gasteiger partial charge on any atom is -0.486 e. The number of β-amino-alcohol motifs (C(OH)–C–C–N with tert-alkyl or cyclic N) is 1. The summed E-state index contributed by atoms with van der Waals surface area (Å²) in [6.45, 7) is 5.23. The summed E-state index contributed by atoms with van der Waals surface area (Å²) >= 11 is 0. The fourth-order valence-corrected chi connectivity index (χ4v) is 1.81. The second-order valence-corrected chi connectivity index (χ2v) is 5.34. The van der Waals surface area contributed by atoms with E-state index in [0.29, 0.717) is 31.3 Å². The lowest BCUT2D eigenvalue weighted by molar-refractivity contribution is 0.134. The molecule has 0 bridgehead atoms. The third kappa shape index (κ3) is 3.59. The molecule has 1 aromatic rings. The average Bonchev–Trinajstić information content (AvgIpc) is 2.44. The van der Waals surface area contributed by atoms with Crippen molar-refractivity contribution in [3.8, 4) is 11.5 Å². The first-order valence-electron chi connectivity index (χ1n) is 6.45. The van der Waals surface area contributed by atoms with Crippen LogP contribution in [-0.4, -0.2) is 42.1 Å². The van der Waals surface area contributed by atoms with Gasteiger partial charge >= 0.3 is 0 Å². The summed E-state index contributed by atoms with van der Waals surface area (Å²) in [5.74, 6) is 1.38. The molecule has 0 amide bonds. The summed E-state index contributed by atoms with van der Waals surface area (Å²) in [6.07, 6.45) is -0.651. The molecule has 0 spiro atoms. The van der Waals surface area contributed by atoms with Gasteiger partial charge in [-0.05, 0) is 31.5 Å². The molecule has 106 valence electrons. The van der Waals surface area contributed by atoms with Crippen LogP contribution in [-0.2, 0) is 0 Å². The Kier molecular flexibility index (Phi) is 4.29. The predicted octanol–water partition coefficient (Wildman–Crippen LogP) is 0.852. The molecule has 1 unspecified atom stereocenters. The van der Waals surface area contributed by atoms with Crippen molar-refractivity contribution in [3.05, 3.63) is 23.8 Å². The van der Waals surface area contributed by atoms with E-state index in [2.05, 4.69) is 5.32 Å². The molecule has 1 atom stereocenters. The van der Waals surface area contributed by atoms with E-state index in [-0.39, 0.29) is 6.61 Å². The molecule has 0 aliphatic carbocycles. The molecule has 19 heavy (non-hydrogen) atoms. The van der Waals surface area contributed by atoms with Crippen molar-refractivity contribution in [1.29, 1.82) is 0 Å². The molecule has 1 heterocycles. The second kappa shape index (κ2) is 5.77. The quantitative estimate of drug-likeness (QED) is 0.738. The summed E-state index contributed by atoms with van der Waals surface area (Å²) in [5, 5.41) is 22.4. The van der Waals surface area contributed by atoms with Crippen molar-refractivity contribution in [1.82, 2.24) is 5.32 Å². The SMILES string of the molecule is CC(C)(CO)NCC(O)c1ccc2c(c1)OCCO2. The van der Waals surface area contributed by atoms with Crippen LogP contribution < -0.4 is 14.8 Å². The zero-order valence-corrected chi connectivity index (χ0v) is 11.3. The Hall–Kier alpha value is -1.30. The summed E-state index contributed by atoms with van der Waals surface area (Å²) in [5.41, 5.74) is 0.361. The highest BCUT2D eigenvalue weighted by Crippen LogP contribution is 2.32. The molecule has 2 rings (SSSR count). The number of aliphatic hydroxyl groups excluding tert-OH is 2. The van der Waals surface area contributed by atoms with E-state index in [9.17, 15) is 5.11 Å². The fourth-order valence-electron chi connectivity index (χ4n) is 1.81. The lowest BCUT2D eigenvalue weighted by Gasteiger charge is -2.26. The summed E-state index contributed by atoms with van der Waals surface area (Å²) < 4.78 is 10.9. The van der Waals surface area contributed by atoms with Crippen LogP contribution in [0.2, 0.25) is 0 Å². The first kappa shape index (κ1) is 14.1. The number of benzene rings is 1. The van der Waals surface area contributed by atoms with Crippen molar-refractivity contribution < 1.29 is 19.7 Å². The van der Waals surface area contributed by atoms with Crippen LogP contribution in [0.3, 0.4) is 0 Å². The molecule has 5 heteroatoms. The molecule has 0 saturated carbocycles. The monoisotopic (exact) mass is 267 g/mol. The van der Waals surface area contributed by atoms with Gasteiger partial charge in [-0.2, -0.15) is 0 Å². The number of ether oxygens (including phenoxy) is 2. The van der Waals surface area contributed by atoms with Crippen LogP contribution >= 0.6 is 0 Å². The minimum absolute atomic E-state index is 0.0147. The predicted molar refractivity (Wildman–Crippen MR) is 71.6 cm³/mol. The van der Waals surface area contributed by atoms with Gasteiger partial charge in [-0.1, -0.05) is 6.07 Å². The summed E-state index contributed by atoms with van der Waals surface area (Å²) in [4.78, 5) is 0. The van der Waals surface area contributed by atoms with Crippen molar-refractivity contribution in [2.24, 2.45) is 0 Å². The number of nitrogens with one attached hydrogen (secondary N) is 1. The van der Waals surface area contributed by atoms with Gasteiger partial charge in [-0.25, -0.2) is 0 Å². The maximum Gasteiger partial charge on any atom is 0.161 e. The zero-order chi connectivity index (χ0) is 13.9. The van der Waals surface area contributed by atoms with Crippen LogP contribution in [0.1, 0.15) is 25.5 Å². The molecular weight excluding hydrogens is 246 g/mol. The van der Waals surface area contributed by atoms with Crippen molar-refractivity contribution >= 4 is 0 Å². The topological polar surface area (TPSA) is 71.0 Å². The van der Waals surface area contributed by atoms with E-state index >= 15 is 0 Å². The van der Waals surface area contributed by atoms with Crippen LogP contribution in [0.25, 0.3) is 0 Å². The molecule has 0 fully saturated rings. The van der Waals surface area contributed by atoms with E-state index in [0.717, 1.165) is 5.56 Å². The lowest BCUT2D eigenvalue weighted by atomic mass is 10.0. The zero-order valence-electron chi connectivity index (χ0n) is 11.3. The van der Waals surface area contributed by atoms with Gasteiger partial charge in [0.25, 0.3) is 0 Å². The number of fused-ring (bicyclic) bond motifs is 1. The maximum absolute atomic E-state index is 10.1. The highest BCUT2D eigenvalue weighted by atomic mass is 16.6. The third-order valence-corrected chi connectivity index (χ3v) is 3.12. The molecule has 0 radical (unpaired) electrons. The largest absolute Gasteiger partial charge is 0.486 e. The van der Waals surface area contributed by atoms with E-state index in [1.54, 1.807) is 6.07 Å². The lowest BCUT2D eigenvalue weighted by Crippen LogP contribution is -2.44. The van der Waals surface area contributed by atoms with Crippen LogP contribution in [0.5, 0.6) is 11.5 Å². The summed E-state index contributed by atoms with van der Waals surface area (Å²) in [7, 11) is 0. The maximum atomic E-state index is 10.1. The Balaban J connectivity index is 2.01.